The van der Waals surface area contributed by atoms with Crippen LogP contribution in [0.25, 0.3) is 10.8 Å². The number of piperazine rings is 1. The summed E-state index contributed by atoms with van der Waals surface area (Å²) >= 11 is 5.56. The van der Waals surface area contributed by atoms with E-state index in [-0.39, 0.29) is 23.5 Å². The van der Waals surface area contributed by atoms with E-state index in [0.29, 0.717) is 24.0 Å². The van der Waals surface area contributed by atoms with Gasteiger partial charge in [0.2, 0.25) is 5.91 Å². The summed E-state index contributed by atoms with van der Waals surface area (Å²) in [6.07, 6.45) is 5.40. The van der Waals surface area contributed by atoms with Gasteiger partial charge in [-0.2, -0.15) is 0 Å². The number of β-amino-alcohol motifs (C(OH)–C–C–N with tert-alkyl or cyclic N) is 1. The summed E-state index contributed by atoms with van der Waals surface area (Å²) in [5, 5.41) is 13.0. The van der Waals surface area contributed by atoms with Gasteiger partial charge < -0.3 is 24.5 Å². The average Bonchev–Trinajstić information content (AvgIpc) is 3.62. The molecule has 6 nitrogen and oxygen atoms in total. The Morgan fingerprint density at radius 3 is 2.59 bits per heavy atom. The van der Waals surface area contributed by atoms with Crippen LogP contribution in [0.2, 0.25) is 0 Å². The number of hydrogen-bond acceptors (Lipinski definition) is 5. The second kappa shape index (κ2) is 9.80. The van der Waals surface area contributed by atoms with E-state index in [0.717, 1.165) is 56.2 Å². The molecule has 2 aliphatic heterocycles. The normalized spacial score (nSPS) is 24.6. The molecular formula is C27H35N3O3S. The summed E-state index contributed by atoms with van der Waals surface area (Å²) in [7, 11) is 0. The smallest absolute Gasteiger partial charge is 0.265 e. The first-order chi connectivity index (χ1) is 16.4. The number of rotatable bonds is 6. The molecule has 2 aromatic carbocycles. The molecular weight excluding hydrogens is 446 g/mol. The standard InChI is InChI=1S/C27H35N3O3S/c1-20-25(32)29(14-5-4-13-28-15-12-27(10-11-27)24(31)19-28)16-17-30(20)26(34)33-23-9-8-21-6-2-3-7-22(21)18-23/h2-3,6-9,18,20,24,31H,4-5,10-17,19H2,1H3/t20-,24+/m0/s1. The molecule has 34 heavy (non-hydrogen) atoms. The number of carbonyl (C=O) groups is 1. The van der Waals surface area contributed by atoms with Crippen LogP contribution in [-0.4, -0.2) is 82.3 Å². The lowest BCUT2D eigenvalue weighted by atomic mass is 9.90. The van der Waals surface area contributed by atoms with Gasteiger partial charge in [-0.15, -0.1) is 0 Å². The van der Waals surface area contributed by atoms with E-state index in [1.165, 1.54) is 12.8 Å². The average molecular weight is 482 g/mol. The quantitative estimate of drug-likeness (QED) is 0.502. The monoisotopic (exact) mass is 481 g/mol. The molecule has 1 aliphatic carbocycles. The number of thiocarbonyl (C=S) groups is 1. The number of unbranched alkanes of at least 4 members (excludes halogenated alkanes) is 1. The van der Waals surface area contributed by atoms with Crippen molar-refractivity contribution in [3.8, 4) is 5.75 Å². The minimum atomic E-state index is -0.325. The molecule has 3 aliphatic rings. The lowest BCUT2D eigenvalue weighted by molar-refractivity contribution is -0.138. The first kappa shape index (κ1) is 23.5. The van der Waals surface area contributed by atoms with Crippen LogP contribution in [0.1, 0.15) is 39.0 Å². The summed E-state index contributed by atoms with van der Waals surface area (Å²) in [5.74, 6) is 0.806. The number of amides is 1. The molecule has 0 unspecified atom stereocenters. The van der Waals surface area contributed by atoms with Crippen molar-refractivity contribution in [3.63, 3.8) is 0 Å². The molecule has 2 saturated heterocycles. The molecule has 1 spiro atoms. The number of benzene rings is 2. The third-order valence-electron chi connectivity index (χ3n) is 8.02. The van der Waals surface area contributed by atoms with Crippen molar-refractivity contribution in [1.82, 2.24) is 14.7 Å². The maximum Gasteiger partial charge on any atom is 0.265 e. The summed E-state index contributed by atoms with van der Waals surface area (Å²) in [4.78, 5) is 19.3. The van der Waals surface area contributed by atoms with Crippen LogP contribution in [0.15, 0.2) is 42.5 Å². The highest BCUT2D eigenvalue weighted by Crippen LogP contribution is 2.53. The van der Waals surface area contributed by atoms with E-state index in [9.17, 15) is 9.90 Å². The van der Waals surface area contributed by atoms with Gasteiger partial charge in [0, 0.05) is 26.2 Å². The largest absolute Gasteiger partial charge is 0.432 e. The van der Waals surface area contributed by atoms with Crippen molar-refractivity contribution in [3.05, 3.63) is 42.5 Å². The molecule has 7 heteroatoms. The van der Waals surface area contributed by atoms with Crippen molar-refractivity contribution in [2.75, 3.05) is 39.3 Å². The fourth-order valence-corrected chi connectivity index (χ4v) is 5.80. The number of likely N-dealkylation sites (tertiary alicyclic amines) is 1. The van der Waals surface area contributed by atoms with Gasteiger partial charge in [0.25, 0.3) is 5.17 Å². The molecule has 0 aromatic heterocycles. The predicted octanol–water partition coefficient (Wildman–Crippen LogP) is 3.66. The van der Waals surface area contributed by atoms with Crippen molar-refractivity contribution < 1.29 is 14.6 Å². The number of hydrogen-bond donors (Lipinski definition) is 1. The molecule has 0 radical (unpaired) electrons. The van der Waals surface area contributed by atoms with Crippen LogP contribution in [0, 0.1) is 5.41 Å². The number of aliphatic hydroxyl groups excluding tert-OH is 1. The fourth-order valence-electron chi connectivity index (χ4n) is 5.45. The summed E-state index contributed by atoms with van der Waals surface area (Å²) in [6.45, 7) is 6.93. The van der Waals surface area contributed by atoms with Crippen LogP contribution < -0.4 is 4.74 Å². The maximum absolute atomic E-state index is 13.0. The van der Waals surface area contributed by atoms with E-state index < -0.39 is 0 Å². The minimum Gasteiger partial charge on any atom is -0.432 e. The molecule has 0 bridgehead atoms. The zero-order valence-corrected chi connectivity index (χ0v) is 20.8. The van der Waals surface area contributed by atoms with Gasteiger partial charge in [-0.05, 0) is 92.7 Å². The van der Waals surface area contributed by atoms with Gasteiger partial charge in [0.05, 0.1) is 6.10 Å². The highest BCUT2D eigenvalue weighted by Gasteiger charge is 2.51. The van der Waals surface area contributed by atoms with E-state index >= 15 is 0 Å². The number of nitrogens with zero attached hydrogens (tertiary/aromatic N) is 3. The third-order valence-corrected chi connectivity index (χ3v) is 8.33. The van der Waals surface area contributed by atoms with Crippen LogP contribution in [0.4, 0.5) is 0 Å². The van der Waals surface area contributed by atoms with Crippen molar-refractivity contribution in [1.29, 1.82) is 0 Å². The SMILES string of the molecule is C[C@H]1C(=O)N(CCCCN2CCC3(CC3)[C@H](O)C2)CCN1C(=S)Oc1ccc2ccccc2c1. The molecule has 182 valence electrons. The molecule has 2 atom stereocenters. The first-order valence-electron chi connectivity index (χ1n) is 12.6. The van der Waals surface area contributed by atoms with E-state index in [4.69, 9.17) is 17.0 Å². The Bertz CT molecular complexity index is 1060. The number of carbonyl (C=O) groups excluding carboxylic acids is 1. The summed E-state index contributed by atoms with van der Waals surface area (Å²) < 4.78 is 5.97. The second-order valence-corrected chi connectivity index (χ2v) is 10.6. The zero-order chi connectivity index (χ0) is 23.7. The van der Waals surface area contributed by atoms with Crippen molar-refractivity contribution in [2.24, 2.45) is 5.41 Å². The Morgan fingerprint density at radius 1 is 1.06 bits per heavy atom. The van der Waals surface area contributed by atoms with E-state index in [1.807, 2.05) is 53.1 Å². The van der Waals surface area contributed by atoms with Gasteiger partial charge in [-0.3, -0.25) is 4.79 Å². The zero-order valence-electron chi connectivity index (χ0n) is 20.0. The Labute approximate surface area is 207 Å². The molecule has 3 fully saturated rings. The number of fused-ring (bicyclic) bond motifs is 1. The Balaban J connectivity index is 1.07. The van der Waals surface area contributed by atoms with Crippen LogP contribution in [0.3, 0.4) is 0 Å². The fraction of sp³-hybridized carbons (Fsp3) is 0.556. The number of ether oxygens (including phenoxy) is 1. The number of aliphatic hydroxyl groups is 1. The lowest BCUT2D eigenvalue weighted by Gasteiger charge is -2.40. The van der Waals surface area contributed by atoms with E-state index in [2.05, 4.69) is 11.0 Å². The van der Waals surface area contributed by atoms with Crippen molar-refractivity contribution >= 4 is 34.1 Å². The summed E-state index contributed by atoms with van der Waals surface area (Å²) in [6, 6.07) is 13.7. The van der Waals surface area contributed by atoms with Gasteiger partial charge in [0.1, 0.15) is 11.8 Å². The Kier molecular flexibility index (Phi) is 6.78. The topological polar surface area (TPSA) is 56.2 Å². The second-order valence-electron chi connectivity index (χ2n) is 10.2. The summed E-state index contributed by atoms with van der Waals surface area (Å²) in [5.41, 5.74) is 0.261. The maximum atomic E-state index is 13.0. The van der Waals surface area contributed by atoms with Crippen LogP contribution >= 0.6 is 12.2 Å². The minimum absolute atomic E-state index is 0.111. The number of piperidine rings is 1. The first-order valence-corrected chi connectivity index (χ1v) is 13.0. The molecule has 5 rings (SSSR count). The van der Waals surface area contributed by atoms with Gasteiger partial charge in [-0.25, -0.2) is 0 Å². The molecule has 1 N–H and O–H groups in total. The highest BCUT2D eigenvalue weighted by atomic mass is 32.1. The molecule has 1 amide bonds. The van der Waals surface area contributed by atoms with Crippen LogP contribution in [0.5, 0.6) is 5.75 Å². The lowest BCUT2D eigenvalue weighted by Crippen LogP contribution is -2.58. The van der Waals surface area contributed by atoms with Crippen molar-refractivity contribution in [2.45, 2.75) is 51.2 Å². The van der Waals surface area contributed by atoms with Gasteiger partial charge in [-0.1, -0.05) is 30.3 Å². The molecule has 1 saturated carbocycles. The van der Waals surface area contributed by atoms with Gasteiger partial charge in [0.15, 0.2) is 0 Å². The Hall–Kier alpha value is -2.22. The van der Waals surface area contributed by atoms with Gasteiger partial charge >= 0.3 is 0 Å². The third kappa shape index (κ3) is 4.92. The molecule has 2 aromatic rings. The van der Waals surface area contributed by atoms with E-state index in [1.54, 1.807) is 0 Å². The predicted molar refractivity (Wildman–Crippen MR) is 138 cm³/mol. The highest BCUT2D eigenvalue weighted by molar-refractivity contribution is 7.80. The molecule has 2 heterocycles. The van der Waals surface area contributed by atoms with Crippen LogP contribution in [-0.2, 0) is 4.79 Å². The Morgan fingerprint density at radius 2 is 1.82 bits per heavy atom.